The van der Waals surface area contributed by atoms with E-state index in [-0.39, 0.29) is 6.09 Å². The number of carbonyl (C=O) groups excluding carboxylic acids is 1. The number of hydrogen-bond acceptors (Lipinski definition) is 3. The predicted octanol–water partition coefficient (Wildman–Crippen LogP) is 5.55. The van der Waals surface area contributed by atoms with Gasteiger partial charge in [0.25, 0.3) is 0 Å². The standard InChI is InChI=1S/C21H28BrN3O2/c1-13(2)10-16-17-11-15(22)12-23-19(17)24-18(16)14-6-8-25(9-7-14)20(26)27-21(3,4)5/h6,11-13H,7-10H2,1-5H3,(H,23,24). The van der Waals surface area contributed by atoms with Gasteiger partial charge in [0.1, 0.15) is 11.2 Å². The van der Waals surface area contributed by atoms with E-state index in [9.17, 15) is 4.79 Å². The van der Waals surface area contributed by atoms with Gasteiger partial charge in [0.15, 0.2) is 0 Å². The number of pyridine rings is 1. The fourth-order valence-corrected chi connectivity index (χ4v) is 3.71. The molecular formula is C21H28BrN3O2. The number of nitrogens with zero attached hydrogens (tertiary/aromatic N) is 2. The minimum atomic E-state index is -0.470. The van der Waals surface area contributed by atoms with E-state index >= 15 is 0 Å². The number of H-pyrrole nitrogens is 1. The summed E-state index contributed by atoms with van der Waals surface area (Å²) in [6, 6.07) is 2.14. The fraction of sp³-hybridized carbons (Fsp3) is 0.524. The van der Waals surface area contributed by atoms with Crippen molar-refractivity contribution in [3.8, 4) is 0 Å². The first-order chi connectivity index (χ1) is 12.6. The van der Waals surface area contributed by atoms with Gasteiger partial charge in [0.2, 0.25) is 0 Å². The third-order valence-electron chi connectivity index (χ3n) is 4.52. The van der Waals surface area contributed by atoms with Crippen molar-refractivity contribution in [2.24, 2.45) is 5.92 Å². The molecule has 0 aromatic carbocycles. The number of nitrogens with one attached hydrogen (secondary N) is 1. The number of carbonyl (C=O) groups is 1. The summed E-state index contributed by atoms with van der Waals surface area (Å²) in [6.45, 7) is 11.4. The predicted molar refractivity (Wildman–Crippen MR) is 113 cm³/mol. The molecule has 2 aromatic rings. The summed E-state index contributed by atoms with van der Waals surface area (Å²) in [4.78, 5) is 22.1. The molecule has 146 valence electrons. The smallest absolute Gasteiger partial charge is 0.410 e. The van der Waals surface area contributed by atoms with Crippen LogP contribution in [0, 0.1) is 5.92 Å². The summed E-state index contributed by atoms with van der Waals surface area (Å²) < 4.78 is 6.48. The molecule has 3 heterocycles. The summed E-state index contributed by atoms with van der Waals surface area (Å²) in [7, 11) is 0. The number of rotatable bonds is 3. The van der Waals surface area contributed by atoms with E-state index in [1.807, 2.05) is 27.0 Å². The highest BCUT2D eigenvalue weighted by Crippen LogP contribution is 2.33. The van der Waals surface area contributed by atoms with Gasteiger partial charge in [-0.1, -0.05) is 19.9 Å². The zero-order chi connectivity index (χ0) is 19.8. The normalized spacial score (nSPS) is 15.4. The molecule has 0 unspecified atom stereocenters. The van der Waals surface area contributed by atoms with E-state index < -0.39 is 5.60 Å². The van der Waals surface area contributed by atoms with E-state index in [2.05, 4.69) is 51.9 Å². The van der Waals surface area contributed by atoms with Crippen LogP contribution in [0.2, 0.25) is 0 Å². The number of aromatic nitrogens is 2. The highest BCUT2D eigenvalue weighted by Gasteiger charge is 2.25. The molecule has 0 bridgehead atoms. The van der Waals surface area contributed by atoms with E-state index in [0.717, 1.165) is 28.7 Å². The molecule has 6 heteroatoms. The molecule has 0 aliphatic carbocycles. The Morgan fingerprint density at radius 2 is 2.15 bits per heavy atom. The van der Waals surface area contributed by atoms with Crippen molar-refractivity contribution in [2.75, 3.05) is 13.1 Å². The molecule has 3 rings (SSSR count). The number of aromatic amines is 1. The maximum absolute atomic E-state index is 12.3. The molecule has 0 fully saturated rings. The fourth-order valence-electron chi connectivity index (χ4n) is 3.38. The highest BCUT2D eigenvalue weighted by molar-refractivity contribution is 9.10. The Balaban J connectivity index is 1.88. The Kier molecular flexibility index (Phi) is 5.65. The number of amides is 1. The number of ether oxygens (including phenoxy) is 1. The minimum Gasteiger partial charge on any atom is -0.444 e. The van der Waals surface area contributed by atoms with Gasteiger partial charge in [-0.05, 0) is 72.7 Å². The van der Waals surface area contributed by atoms with Crippen molar-refractivity contribution in [3.05, 3.63) is 34.1 Å². The molecular weight excluding hydrogens is 406 g/mol. The van der Waals surface area contributed by atoms with Gasteiger partial charge in [-0.2, -0.15) is 0 Å². The second-order valence-electron chi connectivity index (χ2n) is 8.53. The number of halogens is 1. The van der Waals surface area contributed by atoms with Crippen LogP contribution in [-0.4, -0.2) is 39.7 Å². The molecule has 0 spiro atoms. The lowest BCUT2D eigenvalue weighted by molar-refractivity contribution is 0.0270. The van der Waals surface area contributed by atoms with Crippen LogP contribution in [-0.2, 0) is 11.2 Å². The molecule has 0 atom stereocenters. The SMILES string of the molecule is CC(C)Cc1c(C2=CCN(C(=O)OC(C)(C)C)CC2)[nH]c2ncc(Br)cc12. The van der Waals surface area contributed by atoms with E-state index in [1.54, 1.807) is 4.90 Å². The Hall–Kier alpha value is -1.82. The quantitative estimate of drug-likeness (QED) is 0.689. The second kappa shape index (κ2) is 7.66. The van der Waals surface area contributed by atoms with Crippen LogP contribution >= 0.6 is 15.9 Å². The summed E-state index contributed by atoms with van der Waals surface area (Å²) in [5.41, 5.74) is 4.17. The molecule has 2 aromatic heterocycles. The Morgan fingerprint density at radius 1 is 1.41 bits per heavy atom. The topological polar surface area (TPSA) is 58.2 Å². The molecule has 5 nitrogen and oxygen atoms in total. The zero-order valence-electron chi connectivity index (χ0n) is 16.7. The van der Waals surface area contributed by atoms with Gasteiger partial charge in [-0.3, -0.25) is 0 Å². The van der Waals surface area contributed by atoms with Gasteiger partial charge in [0, 0.05) is 34.8 Å². The van der Waals surface area contributed by atoms with Gasteiger partial charge in [-0.15, -0.1) is 0 Å². The van der Waals surface area contributed by atoms with Gasteiger partial charge in [0.05, 0.1) is 0 Å². The lowest BCUT2D eigenvalue weighted by Crippen LogP contribution is -2.39. The first-order valence-corrected chi connectivity index (χ1v) is 10.3. The van der Waals surface area contributed by atoms with Crippen molar-refractivity contribution in [1.82, 2.24) is 14.9 Å². The molecule has 0 radical (unpaired) electrons. The van der Waals surface area contributed by atoms with Crippen molar-refractivity contribution in [2.45, 2.75) is 53.1 Å². The van der Waals surface area contributed by atoms with Crippen LogP contribution in [0.5, 0.6) is 0 Å². The summed E-state index contributed by atoms with van der Waals surface area (Å²) in [6.07, 6.45) is 5.50. The molecule has 0 saturated heterocycles. The van der Waals surface area contributed by atoms with Crippen molar-refractivity contribution in [3.63, 3.8) is 0 Å². The molecule has 0 saturated carbocycles. The van der Waals surface area contributed by atoms with Crippen molar-refractivity contribution in [1.29, 1.82) is 0 Å². The molecule has 1 N–H and O–H groups in total. The third-order valence-corrected chi connectivity index (χ3v) is 4.95. The highest BCUT2D eigenvalue weighted by atomic mass is 79.9. The Morgan fingerprint density at radius 3 is 2.74 bits per heavy atom. The van der Waals surface area contributed by atoms with Crippen molar-refractivity contribution < 1.29 is 9.53 Å². The average Bonchev–Trinajstić information content (AvgIpc) is 2.91. The minimum absolute atomic E-state index is 0.248. The molecule has 1 amide bonds. The maximum Gasteiger partial charge on any atom is 0.410 e. The summed E-state index contributed by atoms with van der Waals surface area (Å²) >= 11 is 3.54. The van der Waals surface area contributed by atoms with Crippen LogP contribution in [0.25, 0.3) is 16.6 Å². The van der Waals surface area contributed by atoms with Gasteiger partial charge >= 0.3 is 6.09 Å². The molecule has 1 aliphatic heterocycles. The maximum atomic E-state index is 12.3. The Bertz CT molecular complexity index is 877. The third kappa shape index (κ3) is 4.72. The molecule has 27 heavy (non-hydrogen) atoms. The van der Waals surface area contributed by atoms with Crippen LogP contribution < -0.4 is 0 Å². The largest absolute Gasteiger partial charge is 0.444 e. The first-order valence-electron chi connectivity index (χ1n) is 9.47. The van der Waals surface area contributed by atoms with E-state index in [0.29, 0.717) is 19.0 Å². The van der Waals surface area contributed by atoms with Crippen LogP contribution in [0.1, 0.15) is 52.3 Å². The zero-order valence-corrected chi connectivity index (χ0v) is 18.3. The first kappa shape index (κ1) is 19.9. The number of hydrogen-bond donors (Lipinski definition) is 1. The van der Waals surface area contributed by atoms with Crippen molar-refractivity contribution >= 4 is 38.6 Å². The van der Waals surface area contributed by atoms with Crippen LogP contribution in [0.3, 0.4) is 0 Å². The monoisotopic (exact) mass is 433 g/mol. The number of fused-ring (bicyclic) bond motifs is 1. The van der Waals surface area contributed by atoms with E-state index in [1.165, 1.54) is 16.5 Å². The Labute approximate surface area is 169 Å². The summed E-state index contributed by atoms with van der Waals surface area (Å²) in [5, 5.41) is 1.17. The van der Waals surface area contributed by atoms with Gasteiger partial charge in [-0.25, -0.2) is 9.78 Å². The van der Waals surface area contributed by atoms with Crippen LogP contribution in [0.15, 0.2) is 22.8 Å². The van der Waals surface area contributed by atoms with Crippen LogP contribution in [0.4, 0.5) is 4.79 Å². The lowest BCUT2D eigenvalue weighted by Gasteiger charge is -2.29. The molecule has 1 aliphatic rings. The average molecular weight is 434 g/mol. The summed E-state index contributed by atoms with van der Waals surface area (Å²) in [5.74, 6) is 0.546. The lowest BCUT2D eigenvalue weighted by atomic mass is 9.95. The van der Waals surface area contributed by atoms with Gasteiger partial charge < -0.3 is 14.6 Å². The van der Waals surface area contributed by atoms with E-state index in [4.69, 9.17) is 4.74 Å². The second-order valence-corrected chi connectivity index (χ2v) is 9.45.